The minimum Gasteiger partial charge on any atom is -0.136 e. The van der Waals surface area contributed by atoms with Gasteiger partial charge in [-0.15, -0.1) is 12.6 Å². The van der Waals surface area contributed by atoms with Gasteiger partial charge in [0.05, 0.1) is 4.20 Å². The molecule has 0 aliphatic carbocycles. The molecule has 0 heterocycles. The van der Waals surface area contributed by atoms with Crippen LogP contribution < -0.4 is 0 Å². The van der Waals surface area contributed by atoms with Gasteiger partial charge < -0.3 is 0 Å². The quantitative estimate of drug-likeness (QED) is 0.507. The molecule has 0 aliphatic rings. The molecule has 0 rings (SSSR count). The van der Waals surface area contributed by atoms with Crippen LogP contribution in [0.4, 0.5) is 0 Å². The maximum absolute atomic E-state index is 5.13. The van der Waals surface area contributed by atoms with E-state index in [2.05, 4.69) is 33.4 Å². The van der Waals surface area contributed by atoms with Crippen LogP contribution in [-0.4, -0.2) is 4.20 Å². The number of rotatable bonds is 5. The molecule has 0 fully saturated rings. The Morgan fingerprint density at radius 1 is 1.27 bits per heavy atom. The highest BCUT2D eigenvalue weighted by atomic mass is 32.1. The Morgan fingerprint density at radius 2 is 1.64 bits per heavy atom. The van der Waals surface area contributed by atoms with E-state index in [0.717, 1.165) is 4.20 Å². The van der Waals surface area contributed by atoms with Gasteiger partial charge in [-0.1, -0.05) is 45.8 Å². The van der Waals surface area contributed by atoms with E-state index in [1.54, 1.807) is 0 Å². The second-order valence-corrected chi connectivity index (χ2v) is 4.52. The third-order valence-corrected chi connectivity index (χ3v) is 3.15. The predicted octanol–water partition coefficient (Wildman–Crippen LogP) is 3.85. The van der Waals surface area contributed by atoms with Crippen molar-refractivity contribution in [2.75, 3.05) is 0 Å². The van der Waals surface area contributed by atoms with Gasteiger partial charge >= 0.3 is 0 Å². The molecule has 0 aromatic heterocycles. The smallest absolute Gasteiger partial charge is 0.0507 e. The molecule has 0 spiro atoms. The van der Waals surface area contributed by atoms with Crippen LogP contribution in [0.2, 0.25) is 0 Å². The Hall–Kier alpha value is 0.440. The molecule has 0 saturated heterocycles. The molecule has 11 heavy (non-hydrogen) atoms. The highest BCUT2D eigenvalue weighted by molar-refractivity contribution is 8.11. The average molecular weight is 190 g/mol. The van der Waals surface area contributed by atoms with Crippen molar-refractivity contribution in [1.29, 1.82) is 0 Å². The highest BCUT2D eigenvalue weighted by Crippen LogP contribution is 2.32. The van der Waals surface area contributed by atoms with Gasteiger partial charge in [0.1, 0.15) is 0 Å². The van der Waals surface area contributed by atoms with E-state index < -0.39 is 0 Å². The van der Waals surface area contributed by atoms with Crippen LogP contribution in [0, 0.1) is 5.41 Å². The van der Waals surface area contributed by atoms with Crippen LogP contribution in [0.25, 0.3) is 0 Å². The molecular formula is C9H18S2. The van der Waals surface area contributed by atoms with E-state index in [0.29, 0.717) is 0 Å². The van der Waals surface area contributed by atoms with Crippen molar-refractivity contribution >= 4 is 29.0 Å². The molecule has 0 radical (unpaired) electrons. The van der Waals surface area contributed by atoms with Crippen molar-refractivity contribution in [2.24, 2.45) is 5.41 Å². The lowest BCUT2D eigenvalue weighted by molar-refractivity contribution is 0.396. The number of hydrogen-bond donors (Lipinski definition) is 1. The van der Waals surface area contributed by atoms with Crippen molar-refractivity contribution in [1.82, 2.24) is 0 Å². The molecule has 0 nitrogen and oxygen atoms in total. The summed E-state index contributed by atoms with van der Waals surface area (Å²) in [6, 6.07) is 0. The minimum absolute atomic E-state index is 0.196. The summed E-state index contributed by atoms with van der Waals surface area (Å²) in [5.74, 6) is 0. The second-order valence-electron chi connectivity index (χ2n) is 3.37. The molecule has 0 saturated carbocycles. The maximum Gasteiger partial charge on any atom is 0.0507 e. The summed E-state index contributed by atoms with van der Waals surface area (Å²) in [6.45, 7) is 6.61. The summed E-state index contributed by atoms with van der Waals surface area (Å²) < 4.78 is 0.876. The van der Waals surface area contributed by atoms with E-state index in [-0.39, 0.29) is 5.41 Å². The topological polar surface area (TPSA) is 0 Å². The first-order chi connectivity index (χ1) is 5.06. The van der Waals surface area contributed by atoms with Crippen LogP contribution in [0.3, 0.4) is 0 Å². The molecule has 0 aromatic carbocycles. The third kappa shape index (κ3) is 3.57. The lowest BCUT2D eigenvalue weighted by atomic mass is 9.83. The minimum atomic E-state index is 0.196. The standard InChI is InChI=1S/C9H18S2/c1-4-6-9(3,7-5-2)8(10)11/h4-7H2,1-3H3,(H,10,11). The summed E-state index contributed by atoms with van der Waals surface area (Å²) >= 11 is 9.40. The average Bonchev–Trinajstić information content (AvgIpc) is 1.88. The SMILES string of the molecule is CCCC(C)(CCC)C(=S)S. The van der Waals surface area contributed by atoms with Crippen molar-refractivity contribution in [3.63, 3.8) is 0 Å². The molecule has 0 bridgehead atoms. The van der Waals surface area contributed by atoms with Gasteiger partial charge in [-0.3, -0.25) is 0 Å². The molecular weight excluding hydrogens is 172 g/mol. The van der Waals surface area contributed by atoms with Gasteiger partial charge in [0, 0.05) is 5.41 Å². The molecule has 0 unspecified atom stereocenters. The van der Waals surface area contributed by atoms with Gasteiger partial charge in [-0.05, 0) is 12.8 Å². The van der Waals surface area contributed by atoms with Gasteiger partial charge in [0.25, 0.3) is 0 Å². The first-order valence-corrected chi connectivity index (χ1v) is 5.15. The van der Waals surface area contributed by atoms with Crippen molar-refractivity contribution in [2.45, 2.75) is 46.5 Å². The van der Waals surface area contributed by atoms with Crippen LogP contribution >= 0.6 is 24.8 Å². The summed E-state index contributed by atoms with van der Waals surface area (Å²) in [5.41, 5.74) is 0.196. The van der Waals surface area contributed by atoms with E-state index in [4.69, 9.17) is 12.2 Å². The zero-order valence-electron chi connectivity index (χ0n) is 7.68. The van der Waals surface area contributed by atoms with Crippen molar-refractivity contribution < 1.29 is 0 Å². The van der Waals surface area contributed by atoms with E-state index in [1.807, 2.05) is 0 Å². The number of hydrogen-bond acceptors (Lipinski definition) is 1. The van der Waals surface area contributed by atoms with Crippen LogP contribution in [-0.2, 0) is 0 Å². The number of thiol groups is 1. The fourth-order valence-corrected chi connectivity index (χ4v) is 1.87. The summed E-state index contributed by atoms with van der Waals surface area (Å²) in [4.78, 5) is 0. The zero-order chi connectivity index (χ0) is 8.91. The summed E-state index contributed by atoms with van der Waals surface area (Å²) in [6.07, 6.45) is 4.72. The van der Waals surface area contributed by atoms with Crippen molar-refractivity contribution in [3.05, 3.63) is 0 Å². The molecule has 0 aliphatic heterocycles. The van der Waals surface area contributed by atoms with Crippen LogP contribution in [0.1, 0.15) is 46.5 Å². The fraction of sp³-hybridized carbons (Fsp3) is 0.889. The Bertz CT molecular complexity index is 124. The lowest BCUT2D eigenvalue weighted by Gasteiger charge is -2.27. The molecule has 0 atom stereocenters. The Morgan fingerprint density at radius 3 is 1.82 bits per heavy atom. The van der Waals surface area contributed by atoms with Gasteiger partial charge in [0.2, 0.25) is 0 Å². The predicted molar refractivity (Wildman–Crippen MR) is 59.5 cm³/mol. The van der Waals surface area contributed by atoms with Crippen LogP contribution in [0.15, 0.2) is 0 Å². The van der Waals surface area contributed by atoms with Gasteiger partial charge in [0.15, 0.2) is 0 Å². The fourth-order valence-electron chi connectivity index (χ4n) is 1.44. The Balaban J connectivity index is 4.13. The second kappa shape index (κ2) is 5.15. The van der Waals surface area contributed by atoms with Crippen molar-refractivity contribution in [3.8, 4) is 0 Å². The molecule has 66 valence electrons. The third-order valence-electron chi connectivity index (χ3n) is 2.12. The lowest BCUT2D eigenvalue weighted by Crippen LogP contribution is -2.21. The largest absolute Gasteiger partial charge is 0.136 e. The van der Waals surface area contributed by atoms with Gasteiger partial charge in [-0.2, -0.15) is 0 Å². The highest BCUT2D eigenvalue weighted by Gasteiger charge is 2.24. The van der Waals surface area contributed by atoms with Crippen LogP contribution in [0.5, 0.6) is 0 Å². The van der Waals surface area contributed by atoms with E-state index >= 15 is 0 Å². The summed E-state index contributed by atoms with van der Waals surface area (Å²) in [7, 11) is 0. The number of thiocarbonyl (C=S) groups is 1. The zero-order valence-corrected chi connectivity index (χ0v) is 9.39. The first kappa shape index (κ1) is 11.4. The molecule has 0 N–H and O–H groups in total. The monoisotopic (exact) mass is 190 g/mol. The van der Waals surface area contributed by atoms with E-state index in [1.165, 1.54) is 25.7 Å². The normalized spacial score (nSPS) is 11.6. The molecule has 2 heteroatoms. The molecule has 0 amide bonds. The summed E-state index contributed by atoms with van der Waals surface area (Å²) in [5, 5.41) is 0. The maximum atomic E-state index is 5.13. The Kier molecular flexibility index (Phi) is 5.36. The van der Waals surface area contributed by atoms with Gasteiger partial charge in [-0.25, -0.2) is 0 Å². The first-order valence-electron chi connectivity index (χ1n) is 4.30. The Labute approximate surface area is 81.2 Å². The molecule has 0 aromatic rings. The van der Waals surface area contributed by atoms with E-state index in [9.17, 15) is 0 Å².